The molecule has 1 unspecified atom stereocenters. The van der Waals surface area contributed by atoms with Crippen LogP contribution < -0.4 is 4.74 Å². The molecule has 36 heavy (non-hydrogen) atoms. The molecule has 0 aliphatic rings. The van der Waals surface area contributed by atoms with Gasteiger partial charge in [-0.15, -0.1) is 0 Å². The Morgan fingerprint density at radius 1 is 0.861 bits per heavy atom. The van der Waals surface area contributed by atoms with Crippen LogP contribution in [-0.2, 0) is 11.3 Å². The van der Waals surface area contributed by atoms with Gasteiger partial charge in [0.1, 0.15) is 11.6 Å². The van der Waals surface area contributed by atoms with Gasteiger partial charge < -0.3 is 9.84 Å². The van der Waals surface area contributed by atoms with Gasteiger partial charge in [0, 0.05) is 18.6 Å². The molecule has 0 fully saturated rings. The maximum atomic E-state index is 15.0. The Bertz CT molecular complexity index is 1290. The van der Waals surface area contributed by atoms with Crippen LogP contribution in [0.25, 0.3) is 11.1 Å². The molecule has 0 aliphatic carbocycles. The second-order valence-corrected chi connectivity index (χ2v) is 8.86. The maximum Gasteiger partial charge on any atom is 0.305 e. The smallest absolute Gasteiger partial charge is 0.305 e. The van der Waals surface area contributed by atoms with E-state index in [-0.39, 0.29) is 12.5 Å². The molecule has 0 saturated carbocycles. The monoisotopic (exact) mass is 483 g/mol. The highest BCUT2D eigenvalue weighted by Crippen LogP contribution is 2.37. The van der Waals surface area contributed by atoms with Gasteiger partial charge in [-0.3, -0.25) is 9.69 Å². The van der Waals surface area contributed by atoms with Gasteiger partial charge in [0.2, 0.25) is 0 Å². The van der Waals surface area contributed by atoms with Gasteiger partial charge >= 0.3 is 5.97 Å². The Kier molecular flexibility index (Phi) is 8.13. The Morgan fingerprint density at radius 2 is 1.56 bits per heavy atom. The fourth-order valence-corrected chi connectivity index (χ4v) is 4.60. The number of methoxy groups -OCH3 is 1. The summed E-state index contributed by atoms with van der Waals surface area (Å²) in [6, 6.07) is 31.5. The summed E-state index contributed by atoms with van der Waals surface area (Å²) in [6.07, 6.45) is -0.162. The molecule has 5 heteroatoms. The molecule has 0 spiro atoms. The number of carboxylic acids is 1. The zero-order chi connectivity index (χ0) is 25.5. The quantitative estimate of drug-likeness (QED) is 0.257. The fraction of sp³-hybridized carbons (Fsp3) is 0.194. The average molecular weight is 484 g/mol. The lowest BCUT2D eigenvalue weighted by molar-refractivity contribution is -0.138. The SMILES string of the molecule is COc1cccc(-c2cc(F)cc(C(CC(=O)O)N(Cc3ccccc3)[C@H](C)c3ccccc3)c2)c1. The standard InChI is InChI=1S/C31H30FNO3/c1-22(24-12-7-4-8-13-24)33(21-23-10-5-3-6-11-23)30(20-31(34)35)27-16-26(17-28(32)18-27)25-14-9-15-29(19-25)36-2/h3-19,22,30H,20-21H2,1-2H3,(H,34,35)/t22-,30?/m1/s1. The van der Waals surface area contributed by atoms with Crippen LogP contribution in [0.15, 0.2) is 103 Å². The summed E-state index contributed by atoms with van der Waals surface area (Å²) >= 11 is 0. The maximum absolute atomic E-state index is 15.0. The molecule has 1 N–H and O–H groups in total. The third-order valence-corrected chi connectivity index (χ3v) is 6.46. The molecule has 0 aromatic heterocycles. The molecule has 2 atom stereocenters. The minimum Gasteiger partial charge on any atom is -0.497 e. The lowest BCUT2D eigenvalue weighted by Gasteiger charge is -2.37. The first kappa shape index (κ1) is 25.1. The van der Waals surface area contributed by atoms with Crippen molar-refractivity contribution in [3.63, 3.8) is 0 Å². The third kappa shape index (κ3) is 6.18. The molecule has 4 aromatic carbocycles. The van der Waals surface area contributed by atoms with E-state index in [1.807, 2.05) is 91.0 Å². The van der Waals surface area contributed by atoms with E-state index in [2.05, 4.69) is 11.8 Å². The molecule has 4 aromatic rings. The van der Waals surface area contributed by atoms with Gasteiger partial charge in [-0.25, -0.2) is 4.39 Å². The number of ether oxygens (including phenoxy) is 1. The Morgan fingerprint density at radius 3 is 2.22 bits per heavy atom. The van der Waals surface area contributed by atoms with Crippen LogP contribution in [0.4, 0.5) is 4.39 Å². The summed E-state index contributed by atoms with van der Waals surface area (Å²) in [5.41, 5.74) is 4.21. The van der Waals surface area contributed by atoms with Gasteiger partial charge in [-0.2, -0.15) is 0 Å². The number of carbonyl (C=O) groups is 1. The number of hydrogen-bond donors (Lipinski definition) is 1. The first-order chi connectivity index (χ1) is 17.4. The van der Waals surface area contributed by atoms with Gasteiger partial charge in [-0.1, -0.05) is 72.8 Å². The summed E-state index contributed by atoms with van der Waals surface area (Å²) < 4.78 is 20.4. The molecule has 0 aliphatic heterocycles. The zero-order valence-corrected chi connectivity index (χ0v) is 20.5. The van der Waals surface area contributed by atoms with E-state index in [1.165, 1.54) is 12.1 Å². The molecule has 4 nitrogen and oxygen atoms in total. The van der Waals surface area contributed by atoms with Crippen LogP contribution in [0.5, 0.6) is 5.75 Å². The molecular weight excluding hydrogens is 453 g/mol. The fourth-order valence-electron chi connectivity index (χ4n) is 4.60. The zero-order valence-electron chi connectivity index (χ0n) is 20.5. The molecule has 0 amide bonds. The van der Waals surface area contributed by atoms with Crippen molar-refractivity contribution in [1.29, 1.82) is 0 Å². The van der Waals surface area contributed by atoms with Crippen LogP contribution >= 0.6 is 0 Å². The summed E-state index contributed by atoms with van der Waals surface area (Å²) in [6.45, 7) is 2.58. The van der Waals surface area contributed by atoms with Crippen molar-refractivity contribution in [2.45, 2.75) is 32.0 Å². The van der Waals surface area contributed by atoms with E-state index in [0.29, 0.717) is 23.4 Å². The van der Waals surface area contributed by atoms with Crippen molar-refractivity contribution in [3.05, 3.63) is 126 Å². The Balaban J connectivity index is 1.81. The highest BCUT2D eigenvalue weighted by atomic mass is 19.1. The third-order valence-electron chi connectivity index (χ3n) is 6.46. The molecule has 184 valence electrons. The van der Waals surface area contributed by atoms with Crippen molar-refractivity contribution in [3.8, 4) is 16.9 Å². The predicted octanol–water partition coefficient (Wildman–Crippen LogP) is 7.28. The predicted molar refractivity (Wildman–Crippen MR) is 140 cm³/mol. The summed E-state index contributed by atoms with van der Waals surface area (Å²) in [5, 5.41) is 9.90. The minimum absolute atomic E-state index is 0.112. The topological polar surface area (TPSA) is 49.8 Å². The summed E-state index contributed by atoms with van der Waals surface area (Å²) in [4.78, 5) is 14.2. The van der Waals surface area contributed by atoms with Crippen LogP contribution in [0.2, 0.25) is 0 Å². The number of benzene rings is 4. The number of halogens is 1. The van der Waals surface area contributed by atoms with Crippen molar-refractivity contribution >= 4 is 5.97 Å². The van der Waals surface area contributed by atoms with Crippen LogP contribution in [0.1, 0.15) is 42.1 Å². The molecule has 0 bridgehead atoms. The van der Waals surface area contributed by atoms with Crippen molar-refractivity contribution in [1.82, 2.24) is 4.90 Å². The van der Waals surface area contributed by atoms with Crippen molar-refractivity contribution in [2.75, 3.05) is 7.11 Å². The number of hydrogen-bond acceptors (Lipinski definition) is 3. The lowest BCUT2D eigenvalue weighted by atomic mass is 9.93. The van der Waals surface area contributed by atoms with E-state index in [1.54, 1.807) is 7.11 Å². The molecular formula is C31H30FNO3. The highest BCUT2D eigenvalue weighted by molar-refractivity contribution is 5.69. The molecule has 4 rings (SSSR count). The second kappa shape index (κ2) is 11.6. The van der Waals surface area contributed by atoms with Gasteiger partial charge in [0.05, 0.1) is 13.5 Å². The molecule has 0 radical (unpaired) electrons. The van der Waals surface area contributed by atoms with E-state index in [4.69, 9.17) is 4.74 Å². The Labute approximate surface area is 211 Å². The normalized spacial score (nSPS) is 12.8. The number of carboxylic acid groups (broad SMARTS) is 1. The Hall–Kier alpha value is -3.96. The van der Waals surface area contributed by atoms with Crippen LogP contribution in [-0.4, -0.2) is 23.1 Å². The number of aliphatic carboxylic acids is 1. The van der Waals surface area contributed by atoms with E-state index in [0.717, 1.165) is 16.7 Å². The molecule has 0 saturated heterocycles. The summed E-state index contributed by atoms with van der Waals surface area (Å²) in [7, 11) is 1.59. The van der Waals surface area contributed by atoms with Gasteiger partial charge in [-0.05, 0) is 65.1 Å². The van der Waals surface area contributed by atoms with Crippen molar-refractivity contribution < 1.29 is 19.0 Å². The van der Waals surface area contributed by atoms with Crippen LogP contribution in [0.3, 0.4) is 0 Å². The van der Waals surface area contributed by atoms with E-state index >= 15 is 4.39 Å². The molecule has 0 heterocycles. The van der Waals surface area contributed by atoms with Gasteiger partial charge in [0.25, 0.3) is 0 Å². The number of rotatable bonds is 10. The van der Waals surface area contributed by atoms with Crippen LogP contribution in [0, 0.1) is 5.82 Å². The summed E-state index contributed by atoms with van der Waals surface area (Å²) in [5.74, 6) is -0.679. The number of nitrogens with zero attached hydrogens (tertiary/aromatic N) is 1. The van der Waals surface area contributed by atoms with Gasteiger partial charge in [0.15, 0.2) is 0 Å². The van der Waals surface area contributed by atoms with Crippen molar-refractivity contribution in [2.24, 2.45) is 0 Å². The average Bonchev–Trinajstić information content (AvgIpc) is 2.91. The van der Waals surface area contributed by atoms with E-state index in [9.17, 15) is 9.90 Å². The first-order valence-electron chi connectivity index (χ1n) is 12.0. The van der Waals surface area contributed by atoms with E-state index < -0.39 is 17.8 Å². The second-order valence-electron chi connectivity index (χ2n) is 8.86. The minimum atomic E-state index is -0.939. The first-order valence-corrected chi connectivity index (χ1v) is 12.0. The lowest BCUT2D eigenvalue weighted by Crippen LogP contribution is -2.33. The highest BCUT2D eigenvalue weighted by Gasteiger charge is 2.29. The largest absolute Gasteiger partial charge is 0.497 e.